The lowest BCUT2D eigenvalue weighted by Gasteiger charge is -2.32. The molecular formula is C30H33N3O5. The van der Waals surface area contributed by atoms with Gasteiger partial charge in [0.15, 0.2) is 0 Å². The van der Waals surface area contributed by atoms with Crippen molar-refractivity contribution in [3.8, 4) is 5.75 Å². The van der Waals surface area contributed by atoms with Gasteiger partial charge in [-0.05, 0) is 54.2 Å². The van der Waals surface area contributed by atoms with Crippen molar-refractivity contribution >= 4 is 17.8 Å². The van der Waals surface area contributed by atoms with Crippen LogP contribution in [0.2, 0.25) is 0 Å². The first-order chi connectivity index (χ1) is 18.5. The third-order valence-electron chi connectivity index (χ3n) is 6.74. The van der Waals surface area contributed by atoms with Crippen molar-refractivity contribution in [3.63, 3.8) is 0 Å². The predicted molar refractivity (Wildman–Crippen MR) is 142 cm³/mol. The highest BCUT2D eigenvalue weighted by atomic mass is 16.5. The van der Waals surface area contributed by atoms with Gasteiger partial charge in [0.25, 0.3) is 5.91 Å². The Morgan fingerprint density at radius 2 is 1.63 bits per heavy atom. The Labute approximate surface area is 223 Å². The van der Waals surface area contributed by atoms with Crippen LogP contribution in [0.1, 0.15) is 40.7 Å². The molecule has 1 fully saturated rings. The number of rotatable bonds is 10. The highest BCUT2D eigenvalue weighted by Gasteiger charge is 2.27. The van der Waals surface area contributed by atoms with Crippen molar-refractivity contribution in [1.29, 1.82) is 0 Å². The van der Waals surface area contributed by atoms with Gasteiger partial charge >= 0.3 is 5.97 Å². The van der Waals surface area contributed by atoms with Gasteiger partial charge in [0.2, 0.25) is 5.91 Å². The van der Waals surface area contributed by atoms with Crippen LogP contribution < -0.4 is 10.1 Å². The molecule has 3 aromatic rings. The van der Waals surface area contributed by atoms with Crippen molar-refractivity contribution in [2.45, 2.75) is 38.3 Å². The highest BCUT2D eigenvalue weighted by Crippen LogP contribution is 2.22. The molecule has 0 unspecified atom stereocenters. The summed E-state index contributed by atoms with van der Waals surface area (Å²) in [5.41, 5.74) is 2.58. The number of pyridine rings is 1. The largest absolute Gasteiger partial charge is 0.489 e. The summed E-state index contributed by atoms with van der Waals surface area (Å²) in [5.74, 6) is 0.182. The number of benzene rings is 2. The summed E-state index contributed by atoms with van der Waals surface area (Å²) in [4.78, 5) is 43.6. The molecule has 1 N–H and O–H groups in total. The number of esters is 1. The number of aromatic nitrogens is 1. The minimum Gasteiger partial charge on any atom is -0.489 e. The van der Waals surface area contributed by atoms with Gasteiger partial charge in [-0.15, -0.1) is 0 Å². The molecule has 2 heterocycles. The third-order valence-corrected chi connectivity index (χ3v) is 6.74. The second-order valence-electron chi connectivity index (χ2n) is 9.44. The second-order valence-corrected chi connectivity index (χ2v) is 9.44. The molecular weight excluding hydrogens is 482 g/mol. The van der Waals surface area contributed by atoms with Gasteiger partial charge in [0, 0.05) is 43.9 Å². The molecule has 8 heteroatoms. The van der Waals surface area contributed by atoms with Crippen LogP contribution in [0.5, 0.6) is 5.75 Å². The fourth-order valence-electron chi connectivity index (χ4n) is 4.57. The lowest BCUT2D eigenvalue weighted by atomic mass is 9.92. The van der Waals surface area contributed by atoms with Crippen LogP contribution in [0.15, 0.2) is 79.1 Å². The number of nitrogens with zero attached hydrogens (tertiary/aromatic N) is 2. The van der Waals surface area contributed by atoms with Crippen LogP contribution in [-0.2, 0) is 27.4 Å². The maximum absolute atomic E-state index is 12.8. The van der Waals surface area contributed by atoms with E-state index < -0.39 is 12.0 Å². The van der Waals surface area contributed by atoms with E-state index in [-0.39, 0.29) is 17.7 Å². The van der Waals surface area contributed by atoms with Gasteiger partial charge < -0.3 is 19.7 Å². The van der Waals surface area contributed by atoms with Gasteiger partial charge in [0.1, 0.15) is 18.4 Å². The summed E-state index contributed by atoms with van der Waals surface area (Å²) in [7, 11) is 1.32. The Bertz CT molecular complexity index is 1190. The average Bonchev–Trinajstić information content (AvgIpc) is 2.97. The molecule has 8 nitrogen and oxygen atoms in total. The first kappa shape index (κ1) is 26.9. The second kappa shape index (κ2) is 13.4. The predicted octanol–water partition coefficient (Wildman–Crippen LogP) is 3.80. The molecule has 0 saturated carbocycles. The van der Waals surface area contributed by atoms with E-state index in [1.807, 2.05) is 59.5 Å². The van der Waals surface area contributed by atoms with E-state index in [4.69, 9.17) is 9.47 Å². The summed E-state index contributed by atoms with van der Waals surface area (Å²) in [5, 5.41) is 2.85. The van der Waals surface area contributed by atoms with Gasteiger partial charge in [0.05, 0.1) is 7.11 Å². The van der Waals surface area contributed by atoms with Crippen LogP contribution in [0.4, 0.5) is 0 Å². The summed E-state index contributed by atoms with van der Waals surface area (Å²) >= 11 is 0. The molecule has 198 valence electrons. The van der Waals surface area contributed by atoms with Crippen molar-refractivity contribution in [3.05, 3.63) is 95.8 Å². The number of nitrogens with one attached hydrogen (secondary N) is 1. The van der Waals surface area contributed by atoms with Gasteiger partial charge in [-0.25, -0.2) is 4.79 Å². The number of amides is 2. The topological polar surface area (TPSA) is 97.8 Å². The number of carbonyl (C=O) groups excluding carboxylic acids is 3. The van der Waals surface area contributed by atoms with E-state index >= 15 is 0 Å². The Hall–Kier alpha value is -4.20. The molecule has 2 amide bonds. The van der Waals surface area contributed by atoms with Crippen molar-refractivity contribution in [1.82, 2.24) is 15.2 Å². The maximum Gasteiger partial charge on any atom is 0.328 e. The molecule has 0 spiro atoms. The number of likely N-dealkylation sites (tertiary alicyclic amines) is 1. The molecule has 1 aliphatic heterocycles. The molecule has 0 aliphatic carbocycles. The smallest absolute Gasteiger partial charge is 0.328 e. The molecule has 2 aromatic carbocycles. The van der Waals surface area contributed by atoms with Gasteiger partial charge in [-0.3, -0.25) is 14.6 Å². The van der Waals surface area contributed by atoms with E-state index in [1.165, 1.54) is 7.11 Å². The SMILES string of the molecule is COC(=O)[C@H](Cc1ccc(OCc2ccccc2)cc1)NC(=O)CC1CCN(C(=O)c2ccncc2)CC1. The molecule has 1 atom stereocenters. The van der Waals surface area contributed by atoms with Gasteiger partial charge in [-0.1, -0.05) is 42.5 Å². The average molecular weight is 516 g/mol. The monoisotopic (exact) mass is 515 g/mol. The minimum atomic E-state index is -0.781. The van der Waals surface area contributed by atoms with Crippen LogP contribution in [0, 0.1) is 5.92 Å². The van der Waals surface area contributed by atoms with E-state index in [2.05, 4.69) is 10.3 Å². The van der Waals surface area contributed by atoms with Crippen molar-refractivity contribution < 1.29 is 23.9 Å². The van der Waals surface area contributed by atoms with E-state index in [9.17, 15) is 14.4 Å². The maximum atomic E-state index is 12.8. The summed E-state index contributed by atoms with van der Waals surface area (Å²) in [6.07, 6.45) is 5.30. The Morgan fingerprint density at radius 1 is 0.947 bits per heavy atom. The summed E-state index contributed by atoms with van der Waals surface area (Å²) in [6.45, 7) is 1.66. The molecule has 0 bridgehead atoms. The lowest BCUT2D eigenvalue weighted by molar-refractivity contribution is -0.145. The highest BCUT2D eigenvalue weighted by molar-refractivity contribution is 5.94. The summed E-state index contributed by atoms with van der Waals surface area (Å²) in [6, 6.07) is 20.0. The summed E-state index contributed by atoms with van der Waals surface area (Å²) < 4.78 is 10.8. The Balaban J connectivity index is 1.25. The first-order valence-electron chi connectivity index (χ1n) is 12.8. The Morgan fingerprint density at radius 3 is 2.29 bits per heavy atom. The zero-order valence-electron chi connectivity index (χ0n) is 21.5. The number of methoxy groups -OCH3 is 1. The molecule has 1 saturated heterocycles. The number of piperidine rings is 1. The van der Waals surface area contributed by atoms with Crippen molar-refractivity contribution in [2.24, 2.45) is 5.92 Å². The fourth-order valence-corrected chi connectivity index (χ4v) is 4.57. The molecule has 1 aromatic heterocycles. The first-order valence-corrected chi connectivity index (χ1v) is 12.8. The van der Waals surface area contributed by atoms with Crippen LogP contribution in [-0.4, -0.2) is 53.9 Å². The van der Waals surface area contributed by atoms with Crippen LogP contribution in [0.3, 0.4) is 0 Å². The number of hydrogen-bond acceptors (Lipinski definition) is 6. The molecule has 0 radical (unpaired) electrons. The molecule has 1 aliphatic rings. The fraction of sp³-hybridized carbons (Fsp3) is 0.333. The van der Waals surface area contributed by atoms with Crippen LogP contribution in [0.25, 0.3) is 0 Å². The minimum absolute atomic E-state index is 0.0162. The number of ether oxygens (including phenoxy) is 2. The number of carbonyl (C=O) groups is 3. The third kappa shape index (κ3) is 7.65. The molecule has 4 rings (SSSR count). The Kier molecular flexibility index (Phi) is 9.45. The van der Waals surface area contributed by atoms with E-state index in [1.54, 1.807) is 24.5 Å². The van der Waals surface area contributed by atoms with Crippen LogP contribution >= 0.6 is 0 Å². The number of hydrogen-bond donors (Lipinski definition) is 1. The zero-order chi connectivity index (χ0) is 26.7. The lowest BCUT2D eigenvalue weighted by Crippen LogP contribution is -2.44. The van der Waals surface area contributed by atoms with E-state index in [0.717, 1.165) is 29.7 Å². The molecule has 38 heavy (non-hydrogen) atoms. The zero-order valence-corrected chi connectivity index (χ0v) is 21.5. The van der Waals surface area contributed by atoms with E-state index in [0.29, 0.717) is 38.1 Å². The van der Waals surface area contributed by atoms with Crippen molar-refractivity contribution in [2.75, 3.05) is 20.2 Å². The normalized spacial score (nSPS) is 14.4. The standard InChI is InChI=1S/C30H33N3O5/c1-37-30(36)27(19-22-7-9-26(10-8-22)38-21-24-5-3-2-4-6-24)32-28(34)20-23-13-17-33(18-14-23)29(35)25-11-15-31-16-12-25/h2-12,15-16,23,27H,13-14,17-21H2,1H3,(H,32,34)/t27-/m0/s1. The quantitative estimate of drug-likeness (QED) is 0.413. The van der Waals surface area contributed by atoms with Gasteiger partial charge in [-0.2, -0.15) is 0 Å².